The Morgan fingerprint density at radius 1 is 1.21 bits per heavy atom. The molecule has 0 N–H and O–H groups in total. The van der Waals surface area contributed by atoms with Gasteiger partial charge in [-0.1, -0.05) is 0 Å². The maximum absolute atomic E-state index is 11.1. The lowest BCUT2D eigenvalue weighted by atomic mass is 9.85. The molecule has 0 radical (unpaired) electrons. The first-order valence-electron chi connectivity index (χ1n) is 5.35. The second kappa shape index (κ2) is 6.14. The SMILES string of the molecule is COCCOC1CCC(C(C)=O)CC1. The van der Waals surface area contributed by atoms with Crippen molar-refractivity contribution in [1.29, 1.82) is 0 Å². The predicted molar refractivity (Wildman–Crippen MR) is 54.3 cm³/mol. The number of rotatable bonds is 5. The van der Waals surface area contributed by atoms with E-state index >= 15 is 0 Å². The quantitative estimate of drug-likeness (QED) is 0.635. The van der Waals surface area contributed by atoms with Gasteiger partial charge in [-0.05, 0) is 32.6 Å². The number of ether oxygens (including phenoxy) is 2. The van der Waals surface area contributed by atoms with Gasteiger partial charge in [-0.15, -0.1) is 0 Å². The van der Waals surface area contributed by atoms with Crippen LogP contribution in [0.15, 0.2) is 0 Å². The fraction of sp³-hybridized carbons (Fsp3) is 0.909. The van der Waals surface area contributed by atoms with Gasteiger partial charge in [0.15, 0.2) is 0 Å². The molecule has 0 atom stereocenters. The third kappa shape index (κ3) is 3.76. The number of hydrogen-bond acceptors (Lipinski definition) is 3. The largest absolute Gasteiger partial charge is 0.382 e. The second-order valence-corrected chi connectivity index (χ2v) is 3.95. The molecule has 0 saturated heterocycles. The molecule has 1 fully saturated rings. The molecule has 0 bridgehead atoms. The Balaban J connectivity index is 2.12. The predicted octanol–water partition coefficient (Wildman–Crippen LogP) is 1.80. The fourth-order valence-electron chi connectivity index (χ4n) is 1.93. The molecule has 0 aromatic heterocycles. The fourth-order valence-corrected chi connectivity index (χ4v) is 1.93. The van der Waals surface area contributed by atoms with Crippen LogP contribution in [0.4, 0.5) is 0 Å². The summed E-state index contributed by atoms with van der Waals surface area (Å²) >= 11 is 0. The Hall–Kier alpha value is -0.410. The highest BCUT2D eigenvalue weighted by Gasteiger charge is 2.23. The summed E-state index contributed by atoms with van der Waals surface area (Å²) in [4.78, 5) is 11.1. The van der Waals surface area contributed by atoms with E-state index in [4.69, 9.17) is 9.47 Å². The Labute approximate surface area is 85.8 Å². The summed E-state index contributed by atoms with van der Waals surface area (Å²) < 4.78 is 10.5. The zero-order valence-electron chi connectivity index (χ0n) is 9.12. The van der Waals surface area contributed by atoms with Crippen molar-refractivity contribution in [3.05, 3.63) is 0 Å². The summed E-state index contributed by atoms with van der Waals surface area (Å²) in [5, 5.41) is 0. The van der Waals surface area contributed by atoms with Crippen molar-refractivity contribution in [2.45, 2.75) is 38.7 Å². The third-order valence-electron chi connectivity index (χ3n) is 2.89. The van der Waals surface area contributed by atoms with Crippen LogP contribution in [0.5, 0.6) is 0 Å². The van der Waals surface area contributed by atoms with Crippen molar-refractivity contribution >= 4 is 5.78 Å². The Kier molecular flexibility index (Phi) is 5.12. The number of carbonyl (C=O) groups is 1. The summed E-state index contributed by atoms with van der Waals surface area (Å²) in [6.07, 6.45) is 4.38. The van der Waals surface area contributed by atoms with Gasteiger partial charge in [0.05, 0.1) is 19.3 Å². The van der Waals surface area contributed by atoms with Gasteiger partial charge in [-0.3, -0.25) is 4.79 Å². The molecule has 0 amide bonds. The number of methoxy groups -OCH3 is 1. The van der Waals surface area contributed by atoms with Crippen LogP contribution in [-0.4, -0.2) is 32.2 Å². The zero-order valence-corrected chi connectivity index (χ0v) is 9.12. The Bertz CT molecular complexity index is 171. The summed E-state index contributed by atoms with van der Waals surface area (Å²) in [5.74, 6) is 0.623. The van der Waals surface area contributed by atoms with E-state index in [1.165, 1.54) is 0 Å². The highest BCUT2D eigenvalue weighted by Crippen LogP contribution is 2.26. The lowest BCUT2D eigenvalue weighted by Gasteiger charge is -2.26. The van der Waals surface area contributed by atoms with Crippen LogP contribution >= 0.6 is 0 Å². The molecule has 0 aromatic rings. The monoisotopic (exact) mass is 200 g/mol. The number of ketones is 1. The second-order valence-electron chi connectivity index (χ2n) is 3.95. The average Bonchev–Trinajstić information content (AvgIpc) is 2.19. The number of carbonyl (C=O) groups excluding carboxylic acids is 1. The van der Waals surface area contributed by atoms with Crippen LogP contribution in [0.1, 0.15) is 32.6 Å². The van der Waals surface area contributed by atoms with E-state index in [-0.39, 0.29) is 5.92 Å². The van der Waals surface area contributed by atoms with Crippen molar-refractivity contribution in [1.82, 2.24) is 0 Å². The molecule has 3 nitrogen and oxygen atoms in total. The van der Waals surface area contributed by atoms with E-state index in [0.717, 1.165) is 25.7 Å². The molecule has 0 unspecified atom stereocenters. The third-order valence-corrected chi connectivity index (χ3v) is 2.89. The highest BCUT2D eigenvalue weighted by atomic mass is 16.5. The molecule has 3 heteroatoms. The minimum atomic E-state index is 0.289. The molecular weight excluding hydrogens is 180 g/mol. The molecular formula is C11H20O3. The van der Waals surface area contributed by atoms with Gasteiger partial charge < -0.3 is 9.47 Å². The smallest absolute Gasteiger partial charge is 0.132 e. The molecule has 82 valence electrons. The van der Waals surface area contributed by atoms with Crippen LogP contribution in [-0.2, 0) is 14.3 Å². The zero-order chi connectivity index (χ0) is 10.4. The van der Waals surface area contributed by atoms with Crippen LogP contribution in [0, 0.1) is 5.92 Å². The first kappa shape index (κ1) is 11.7. The van der Waals surface area contributed by atoms with E-state index in [0.29, 0.717) is 25.1 Å². The van der Waals surface area contributed by atoms with Crippen LogP contribution < -0.4 is 0 Å². The standard InChI is InChI=1S/C11H20O3/c1-9(12)10-3-5-11(6-4-10)14-8-7-13-2/h10-11H,3-8H2,1-2H3. The summed E-state index contributed by atoms with van der Waals surface area (Å²) in [5.41, 5.74) is 0. The molecule has 1 aliphatic carbocycles. The Morgan fingerprint density at radius 2 is 1.86 bits per heavy atom. The van der Waals surface area contributed by atoms with E-state index in [1.54, 1.807) is 14.0 Å². The molecule has 0 heterocycles. The van der Waals surface area contributed by atoms with Crippen molar-refractivity contribution < 1.29 is 14.3 Å². The van der Waals surface area contributed by atoms with Gasteiger partial charge in [0.25, 0.3) is 0 Å². The molecule has 0 aliphatic heterocycles. The number of hydrogen-bond donors (Lipinski definition) is 0. The van der Waals surface area contributed by atoms with E-state index < -0.39 is 0 Å². The van der Waals surface area contributed by atoms with Gasteiger partial charge in [-0.2, -0.15) is 0 Å². The Morgan fingerprint density at radius 3 is 2.36 bits per heavy atom. The normalized spacial score (nSPS) is 27.6. The van der Waals surface area contributed by atoms with Crippen LogP contribution in [0.3, 0.4) is 0 Å². The maximum atomic E-state index is 11.1. The topological polar surface area (TPSA) is 35.5 Å². The molecule has 1 saturated carbocycles. The van der Waals surface area contributed by atoms with Crippen molar-refractivity contribution in [3.8, 4) is 0 Å². The van der Waals surface area contributed by atoms with Crippen molar-refractivity contribution in [2.24, 2.45) is 5.92 Å². The molecule has 0 aromatic carbocycles. The van der Waals surface area contributed by atoms with Gasteiger partial charge >= 0.3 is 0 Å². The molecule has 1 rings (SSSR count). The minimum Gasteiger partial charge on any atom is -0.382 e. The molecule has 0 spiro atoms. The van der Waals surface area contributed by atoms with Crippen LogP contribution in [0.25, 0.3) is 0 Å². The summed E-state index contributed by atoms with van der Waals surface area (Å²) in [7, 11) is 1.68. The lowest BCUT2D eigenvalue weighted by molar-refractivity contribution is -0.122. The highest BCUT2D eigenvalue weighted by molar-refractivity contribution is 5.78. The van der Waals surface area contributed by atoms with Gasteiger partial charge in [0, 0.05) is 13.0 Å². The van der Waals surface area contributed by atoms with Crippen LogP contribution in [0.2, 0.25) is 0 Å². The molecule has 14 heavy (non-hydrogen) atoms. The first-order valence-corrected chi connectivity index (χ1v) is 5.35. The van der Waals surface area contributed by atoms with E-state index in [2.05, 4.69) is 0 Å². The summed E-state index contributed by atoms with van der Waals surface area (Å²) in [6.45, 7) is 3.02. The first-order chi connectivity index (χ1) is 6.74. The van der Waals surface area contributed by atoms with Crippen molar-refractivity contribution in [3.63, 3.8) is 0 Å². The van der Waals surface area contributed by atoms with E-state index in [9.17, 15) is 4.79 Å². The minimum absolute atomic E-state index is 0.289. The van der Waals surface area contributed by atoms with Gasteiger partial charge in [0.1, 0.15) is 5.78 Å². The molecule has 1 aliphatic rings. The lowest BCUT2D eigenvalue weighted by Crippen LogP contribution is -2.26. The van der Waals surface area contributed by atoms with Gasteiger partial charge in [-0.25, -0.2) is 0 Å². The van der Waals surface area contributed by atoms with Crippen molar-refractivity contribution in [2.75, 3.05) is 20.3 Å². The number of Topliss-reactive ketones (excluding diaryl/α,β-unsaturated/α-hetero) is 1. The summed E-state index contributed by atoms with van der Waals surface area (Å²) in [6, 6.07) is 0. The average molecular weight is 200 g/mol. The van der Waals surface area contributed by atoms with Gasteiger partial charge in [0.2, 0.25) is 0 Å². The maximum Gasteiger partial charge on any atom is 0.132 e. The van der Waals surface area contributed by atoms with E-state index in [1.807, 2.05) is 0 Å².